The first-order valence-corrected chi connectivity index (χ1v) is 3.96. The van der Waals surface area contributed by atoms with Crippen molar-refractivity contribution in [2.24, 2.45) is 5.92 Å². The van der Waals surface area contributed by atoms with Crippen LogP contribution in [0.1, 0.15) is 20.3 Å². The summed E-state index contributed by atoms with van der Waals surface area (Å²) >= 11 is 0. The second kappa shape index (κ2) is 9.95. The molecule has 0 N–H and O–H groups in total. The van der Waals surface area contributed by atoms with Gasteiger partial charge in [-0.05, 0) is 12.3 Å². The Bertz CT molecular complexity index is 128. The number of rotatable bonds is 4. The fourth-order valence-corrected chi connectivity index (χ4v) is 0.454. The van der Waals surface area contributed by atoms with Crippen molar-refractivity contribution in [3.63, 3.8) is 0 Å². The molecule has 0 aliphatic heterocycles. The highest BCUT2D eigenvalue weighted by Crippen LogP contribution is 1.98. The summed E-state index contributed by atoms with van der Waals surface area (Å²) in [6.45, 7) is 14.0. The SMILES string of the molecule is C=C.C=CC(=O)OCCC(C)C. The van der Waals surface area contributed by atoms with Gasteiger partial charge < -0.3 is 4.74 Å². The van der Waals surface area contributed by atoms with E-state index in [2.05, 4.69) is 33.6 Å². The molecule has 0 rings (SSSR count). The third-order valence-corrected chi connectivity index (χ3v) is 1.11. The molecule has 0 saturated carbocycles. The monoisotopic (exact) mass is 170 g/mol. The van der Waals surface area contributed by atoms with Gasteiger partial charge in [0.05, 0.1) is 6.61 Å². The lowest BCUT2D eigenvalue weighted by molar-refractivity contribution is -0.138. The molecule has 0 spiro atoms. The van der Waals surface area contributed by atoms with Gasteiger partial charge in [0.15, 0.2) is 0 Å². The Labute approximate surface area is 74.9 Å². The van der Waals surface area contributed by atoms with Crippen LogP contribution in [0.5, 0.6) is 0 Å². The summed E-state index contributed by atoms with van der Waals surface area (Å²) in [5.74, 6) is 0.248. The molecule has 0 heterocycles. The largest absolute Gasteiger partial charge is 0.463 e. The topological polar surface area (TPSA) is 26.3 Å². The van der Waals surface area contributed by atoms with Gasteiger partial charge in [0.1, 0.15) is 0 Å². The average molecular weight is 170 g/mol. The number of carbonyl (C=O) groups excluding carboxylic acids is 1. The van der Waals surface area contributed by atoms with E-state index in [9.17, 15) is 4.79 Å². The first kappa shape index (κ1) is 13.5. The van der Waals surface area contributed by atoms with Crippen LogP contribution in [-0.2, 0) is 9.53 Å². The van der Waals surface area contributed by atoms with Crippen LogP contribution in [0.3, 0.4) is 0 Å². The van der Waals surface area contributed by atoms with E-state index in [1.54, 1.807) is 0 Å². The molecule has 0 atom stereocenters. The standard InChI is InChI=1S/C8H14O2.C2H4/c1-4-8(9)10-6-5-7(2)3;1-2/h4,7H,1,5-6H2,2-3H3;1-2H2. The second-order valence-electron chi connectivity index (χ2n) is 2.55. The van der Waals surface area contributed by atoms with Crippen LogP contribution in [0.15, 0.2) is 25.8 Å². The van der Waals surface area contributed by atoms with Crippen LogP contribution in [0.4, 0.5) is 0 Å². The first-order valence-electron chi connectivity index (χ1n) is 3.96. The van der Waals surface area contributed by atoms with Crippen LogP contribution in [0.2, 0.25) is 0 Å². The molecule has 0 bridgehead atoms. The van der Waals surface area contributed by atoms with Crippen LogP contribution < -0.4 is 0 Å². The summed E-state index contributed by atoms with van der Waals surface area (Å²) in [7, 11) is 0. The Kier molecular flexibility index (Phi) is 11.2. The minimum absolute atomic E-state index is 0.333. The zero-order valence-corrected chi connectivity index (χ0v) is 8.01. The molecule has 0 fully saturated rings. The summed E-state index contributed by atoms with van der Waals surface area (Å²) in [6.07, 6.45) is 2.10. The molecule has 2 nitrogen and oxygen atoms in total. The highest BCUT2D eigenvalue weighted by molar-refractivity contribution is 5.81. The molecule has 0 amide bonds. The molecule has 0 aromatic rings. The molecule has 0 aliphatic carbocycles. The van der Waals surface area contributed by atoms with Gasteiger partial charge in [0, 0.05) is 6.08 Å². The maximum atomic E-state index is 10.5. The van der Waals surface area contributed by atoms with E-state index in [-0.39, 0.29) is 5.97 Å². The molecule has 0 aliphatic rings. The van der Waals surface area contributed by atoms with E-state index < -0.39 is 0 Å². The number of esters is 1. The predicted molar refractivity (Wildman–Crippen MR) is 51.9 cm³/mol. The van der Waals surface area contributed by atoms with Gasteiger partial charge in [-0.2, -0.15) is 0 Å². The minimum atomic E-state index is -0.333. The summed E-state index contributed by atoms with van der Waals surface area (Å²) < 4.78 is 4.74. The van der Waals surface area contributed by atoms with E-state index in [1.165, 1.54) is 6.08 Å². The highest BCUT2D eigenvalue weighted by atomic mass is 16.5. The molecule has 12 heavy (non-hydrogen) atoms. The maximum absolute atomic E-state index is 10.5. The van der Waals surface area contributed by atoms with Crippen LogP contribution in [0.25, 0.3) is 0 Å². The maximum Gasteiger partial charge on any atom is 0.330 e. The smallest absolute Gasteiger partial charge is 0.330 e. The number of carbonyl (C=O) groups is 1. The molecule has 0 aromatic heterocycles. The number of ether oxygens (including phenoxy) is 1. The lowest BCUT2D eigenvalue weighted by Gasteiger charge is -2.03. The molecule has 0 aromatic carbocycles. The van der Waals surface area contributed by atoms with Gasteiger partial charge >= 0.3 is 5.97 Å². The number of hydrogen-bond acceptors (Lipinski definition) is 2. The first-order chi connectivity index (χ1) is 5.66. The van der Waals surface area contributed by atoms with Crippen molar-refractivity contribution in [2.45, 2.75) is 20.3 Å². The molecule has 0 saturated heterocycles. The zero-order valence-electron chi connectivity index (χ0n) is 8.01. The summed E-state index contributed by atoms with van der Waals surface area (Å²) in [5, 5.41) is 0. The van der Waals surface area contributed by atoms with Gasteiger partial charge in [-0.15, -0.1) is 13.2 Å². The van der Waals surface area contributed by atoms with E-state index >= 15 is 0 Å². The van der Waals surface area contributed by atoms with Gasteiger partial charge in [-0.1, -0.05) is 20.4 Å². The third kappa shape index (κ3) is 11.7. The normalized spacial score (nSPS) is 8.25. The van der Waals surface area contributed by atoms with E-state index in [1.807, 2.05) is 0 Å². The highest BCUT2D eigenvalue weighted by Gasteiger charge is 1.96. The quantitative estimate of drug-likeness (QED) is 0.368. The Morgan fingerprint density at radius 1 is 1.50 bits per heavy atom. The average Bonchev–Trinajstić information content (AvgIpc) is 2.07. The fourth-order valence-electron chi connectivity index (χ4n) is 0.454. The molecule has 0 unspecified atom stereocenters. The van der Waals surface area contributed by atoms with Crippen molar-refractivity contribution < 1.29 is 9.53 Å². The van der Waals surface area contributed by atoms with Crippen molar-refractivity contribution in [3.05, 3.63) is 25.8 Å². The summed E-state index contributed by atoms with van der Waals surface area (Å²) in [6, 6.07) is 0. The van der Waals surface area contributed by atoms with Crippen molar-refractivity contribution in [1.29, 1.82) is 0 Å². The van der Waals surface area contributed by atoms with Gasteiger partial charge in [-0.3, -0.25) is 0 Å². The third-order valence-electron chi connectivity index (χ3n) is 1.11. The van der Waals surface area contributed by atoms with Crippen LogP contribution in [-0.4, -0.2) is 12.6 Å². The van der Waals surface area contributed by atoms with Crippen LogP contribution >= 0.6 is 0 Å². The van der Waals surface area contributed by atoms with Crippen molar-refractivity contribution in [2.75, 3.05) is 6.61 Å². The van der Waals surface area contributed by atoms with Crippen molar-refractivity contribution in [3.8, 4) is 0 Å². The van der Waals surface area contributed by atoms with E-state index in [4.69, 9.17) is 4.74 Å². The lowest BCUT2D eigenvalue weighted by atomic mass is 10.1. The zero-order chi connectivity index (χ0) is 9.98. The fraction of sp³-hybridized carbons (Fsp3) is 0.500. The van der Waals surface area contributed by atoms with Crippen LogP contribution in [0, 0.1) is 5.92 Å². The molecular formula is C10H18O2. The molecule has 70 valence electrons. The van der Waals surface area contributed by atoms with Gasteiger partial charge in [-0.25, -0.2) is 4.79 Å². The minimum Gasteiger partial charge on any atom is -0.463 e. The van der Waals surface area contributed by atoms with E-state index in [0.29, 0.717) is 12.5 Å². The Morgan fingerprint density at radius 2 is 2.00 bits per heavy atom. The Morgan fingerprint density at radius 3 is 2.33 bits per heavy atom. The molecule has 0 radical (unpaired) electrons. The van der Waals surface area contributed by atoms with Gasteiger partial charge in [0.25, 0.3) is 0 Å². The van der Waals surface area contributed by atoms with Crippen molar-refractivity contribution >= 4 is 5.97 Å². The number of hydrogen-bond donors (Lipinski definition) is 0. The van der Waals surface area contributed by atoms with E-state index in [0.717, 1.165) is 6.42 Å². The lowest BCUT2D eigenvalue weighted by Crippen LogP contribution is -2.03. The predicted octanol–water partition coefficient (Wildman–Crippen LogP) is 2.56. The molecular weight excluding hydrogens is 152 g/mol. The van der Waals surface area contributed by atoms with Gasteiger partial charge in [0.2, 0.25) is 0 Å². The Balaban J connectivity index is 0. The second-order valence-corrected chi connectivity index (χ2v) is 2.55. The summed E-state index contributed by atoms with van der Waals surface area (Å²) in [5.41, 5.74) is 0. The summed E-state index contributed by atoms with van der Waals surface area (Å²) in [4.78, 5) is 10.5. The molecule has 2 heteroatoms. The van der Waals surface area contributed by atoms with Crippen molar-refractivity contribution in [1.82, 2.24) is 0 Å². The Hall–Kier alpha value is -1.05.